The number of esters is 1. The molecule has 3 rings (SSSR count). The minimum Gasteiger partial charge on any atom is -0.464 e. The number of carbonyl (C=O) groups excluding carboxylic acids is 2. The first-order chi connectivity index (χ1) is 12.2. The van der Waals surface area contributed by atoms with Gasteiger partial charge in [0.05, 0.1) is 43.5 Å². The van der Waals surface area contributed by atoms with E-state index in [9.17, 15) is 9.59 Å². The van der Waals surface area contributed by atoms with Crippen molar-refractivity contribution < 1.29 is 19.1 Å². The summed E-state index contributed by atoms with van der Waals surface area (Å²) in [6.45, 7) is 8.30. The van der Waals surface area contributed by atoms with Gasteiger partial charge in [-0.2, -0.15) is 5.10 Å². The lowest BCUT2D eigenvalue weighted by molar-refractivity contribution is 0.0238. The van der Waals surface area contributed by atoms with Gasteiger partial charge in [0.15, 0.2) is 0 Å². The molecule has 1 aliphatic heterocycles. The average Bonchev–Trinajstić information content (AvgIpc) is 3.14. The van der Waals surface area contributed by atoms with Crippen LogP contribution in [0.25, 0.3) is 5.69 Å². The number of fused-ring (bicyclic) bond motifs is 1. The molecule has 0 unspecified atom stereocenters. The predicted molar refractivity (Wildman–Crippen MR) is 92.9 cm³/mol. The lowest BCUT2D eigenvalue weighted by Crippen LogP contribution is -2.33. The van der Waals surface area contributed by atoms with Crippen LogP contribution in [0.4, 0.5) is 4.79 Å². The Bertz CT molecular complexity index is 849. The molecule has 0 saturated carbocycles. The zero-order valence-corrected chi connectivity index (χ0v) is 15.6. The fourth-order valence-corrected chi connectivity index (χ4v) is 2.81. The highest BCUT2D eigenvalue weighted by Crippen LogP contribution is 2.29. The van der Waals surface area contributed by atoms with Gasteiger partial charge in [0, 0.05) is 5.56 Å². The van der Waals surface area contributed by atoms with Gasteiger partial charge in [-0.3, -0.25) is 4.90 Å². The minimum atomic E-state index is -0.541. The predicted octanol–water partition coefficient (Wildman–Crippen LogP) is 2.61. The Kier molecular flexibility index (Phi) is 4.43. The molecule has 26 heavy (non-hydrogen) atoms. The molecule has 2 aromatic heterocycles. The first-order valence-corrected chi connectivity index (χ1v) is 8.29. The number of methoxy groups -OCH3 is 1. The molecule has 1 amide bonds. The molecule has 138 valence electrons. The number of nitrogens with zero attached hydrogens (tertiary/aromatic N) is 4. The minimum absolute atomic E-state index is 0.229. The molecule has 3 heterocycles. The van der Waals surface area contributed by atoms with E-state index in [-0.39, 0.29) is 11.8 Å². The number of ether oxygens (including phenoxy) is 2. The van der Waals surface area contributed by atoms with Gasteiger partial charge in [0.1, 0.15) is 11.3 Å². The zero-order chi connectivity index (χ0) is 19.1. The summed E-state index contributed by atoms with van der Waals surface area (Å²) >= 11 is 0. The van der Waals surface area contributed by atoms with Crippen molar-refractivity contribution >= 4 is 12.1 Å². The largest absolute Gasteiger partial charge is 0.464 e. The summed E-state index contributed by atoms with van der Waals surface area (Å²) in [5, 5.41) is 4.55. The topological polar surface area (TPSA) is 86.6 Å². The molecule has 0 radical (unpaired) electrons. The number of hydrogen-bond acceptors (Lipinski definition) is 6. The maximum Gasteiger partial charge on any atom is 0.410 e. The molecule has 0 aromatic carbocycles. The van der Waals surface area contributed by atoms with Gasteiger partial charge in [0.25, 0.3) is 0 Å². The number of amides is 1. The van der Waals surface area contributed by atoms with Crippen LogP contribution in [0.1, 0.15) is 48.2 Å². The second-order valence-corrected chi connectivity index (χ2v) is 7.15. The van der Waals surface area contributed by atoms with Crippen molar-refractivity contribution in [2.24, 2.45) is 0 Å². The highest BCUT2D eigenvalue weighted by Gasteiger charge is 2.32. The normalized spacial score (nSPS) is 13.5. The van der Waals surface area contributed by atoms with Gasteiger partial charge in [-0.15, -0.1) is 0 Å². The molecule has 0 spiro atoms. The van der Waals surface area contributed by atoms with Crippen LogP contribution >= 0.6 is 0 Å². The highest BCUT2D eigenvalue weighted by molar-refractivity contribution is 5.87. The average molecular weight is 358 g/mol. The van der Waals surface area contributed by atoms with Gasteiger partial charge in [0.2, 0.25) is 0 Å². The number of carbonyl (C=O) groups is 2. The molecule has 0 fully saturated rings. The second kappa shape index (κ2) is 6.44. The van der Waals surface area contributed by atoms with Gasteiger partial charge in [-0.05, 0) is 39.8 Å². The van der Waals surface area contributed by atoms with E-state index < -0.39 is 11.6 Å². The van der Waals surface area contributed by atoms with Crippen LogP contribution in [-0.2, 0) is 22.6 Å². The SMILES string of the molecule is COC(=O)c1ccc(-n2nc(C)c3c2CN(C(=O)OC(C)(C)C)C3)cn1. The van der Waals surface area contributed by atoms with Crippen molar-refractivity contribution in [1.29, 1.82) is 0 Å². The summed E-state index contributed by atoms with van der Waals surface area (Å²) in [4.78, 5) is 29.6. The van der Waals surface area contributed by atoms with Crippen molar-refractivity contribution in [2.45, 2.75) is 46.4 Å². The molecular weight excluding hydrogens is 336 g/mol. The van der Waals surface area contributed by atoms with Crippen LogP contribution < -0.4 is 0 Å². The third kappa shape index (κ3) is 3.40. The summed E-state index contributed by atoms with van der Waals surface area (Å²) in [5.74, 6) is -0.491. The van der Waals surface area contributed by atoms with Gasteiger partial charge < -0.3 is 9.47 Å². The third-order valence-electron chi connectivity index (χ3n) is 4.02. The van der Waals surface area contributed by atoms with Crippen molar-refractivity contribution in [3.8, 4) is 5.69 Å². The molecule has 8 heteroatoms. The second-order valence-electron chi connectivity index (χ2n) is 7.15. The lowest BCUT2D eigenvalue weighted by Gasteiger charge is -2.24. The summed E-state index contributed by atoms with van der Waals surface area (Å²) in [7, 11) is 1.31. The van der Waals surface area contributed by atoms with Crippen LogP contribution in [0.3, 0.4) is 0 Å². The Morgan fingerprint density at radius 2 is 1.92 bits per heavy atom. The van der Waals surface area contributed by atoms with Gasteiger partial charge in [-0.25, -0.2) is 19.3 Å². The van der Waals surface area contributed by atoms with E-state index >= 15 is 0 Å². The van der Waals surface area contributed by atoms with E-state index in [1.165, 1.54) is 7.11 Å². The molecule has 0 N–H and O–H groups in total. The third-order valence-corrected chi connectivity index (χ3v) is 4.02. The molecule has 0 saturated heterocycles. The first kappa shape index (κ1) is 17.9. The Labute approximate surface area is 151 Å². The maximum absolute atomic E-state index is 12.3. The van der Waals surface area contributed by atoms with Crippen molar-refractivity contribution in [1.82, 2.24) is 19.7 Å². The molecule has 2 aromatic rings. The van der Waals surface area contributed by atoms with Crippen LogP contribution in [0, 0.1) is 6.92 Å². The standard InChI is InChI=1S/C18H22N4O4/c1-11-13-9-21(17(24)26-18(2,3)4)10-15(13)22(20-11)12-6-7-14(19-8-12)16(23)25-5/h6-8H,9-10H2,1-5H3. The maximum atomic E-state index is 12.3. The highest BCUT2D eigenvalue weighted by atomic mass is 16.6. The quantitative estimate of drug-likeness (QED) is 0.767. The fourth-order valence-electron chi connectivity index (χ4n) is 2.81. The van der Waals surface area contributed by atoms with Crippen molar-refractivity contribution in [3.05, 3.63) is 41.0 Å². The Morgan fingerprint density at radius 1 is 1.19 bits per heavy atom. The molecule has 0 aliphatic carbocycles. The van der Waals surface area contributed by atoms with E-state index in [4.69, 9.17) is 4.74 Å². The summed E-state index contributed by atoms with van der Waals surface area (Å²) in [6, 6.07) is 3.34. The van der Waals surface area contributed by atoms with E-state index in [0.29, 0.717) is 18.8 Å². The summed E-state index contributed by atoms with van der Waals surface area (Å²) in [5.41, 5.74) is 3.18. The number of pyridine rings is 1. The van der Waals surface area contributed by atoms with E-state index in [0.717, 1.165) is 17.0 Å². The van der Waals surface area contributed by atoms with E-state index in [1.807, 2.05) is 27.7 Å². The number of aryl methyl sites for hydroxylation is 1. The first-order valence-electron chi connectivity index (χ1n) is 8.29. The lowest BCUT2D eigenvalue weighted by atomic mass is 10.2. The van der Waals surface area contributed by atoms with Crippen molar-refractivity contribution in [3.63, 3.8) is 0 Å². The molecular formula is C18H22N4O4. The van der Waals surface area contributed by atoms with Gasteiger partial charge >= 0.3 is 12.1 Å². The fraction of sp³-hybridized carbons (Fsp3) is 0.444. The van der Waals surface area contributed by atoms with Gasteiger partial charge in [-0.1, -0.05) is 0 Å². The van der Waals surface area contributed by atoms with E-state index in [1.54, 1.807) is 27.9 Å². The molecule has 8 nitrogen and oxygen atoms in total. The van der Waals surface area contributed by atoms with Crippen LogP contribution in [0.2, 0.25) is 0 Å². The molecule has 0 atom stereocenters. The van der Waals surface area contributed by atoms with E-state index in [2.05, 4.69) is 14.8 Å². The Balaban J connectivity index is 1.85. The smallest absolute Gasteiger partial charge is 0.410 e. The number of rotatable bonds is 2. The zero-order valence-electron chi connectivity index (χ0n) is 15.6. The van der Waals surface area contributed by atoms with Crippen LogP contribution in [0.5, 0.6) is 0 Å². The summed E-state index contributed by atoms with van der Waals surface area (Å²) in [6.07, 6.45) is 1.22. The van der Waals surface area contributed by atoms with Crippen LogP contribution in [0.15, 0.2) is 18.3 Å². The van der Waals surface area contributed by atoms with Crippen LogP contribution in [-0.4, -0.2) is 44.4 Å². The Morgan fingerprint density at radius 3 is 2.50 bits per heavy atom. The summed E-state index contributed by atoms with van der Waals surface area (Å²) < 4.78 is 11.9. The Hall–Kier alpha value is -2.90. The number of hydrogen-bond donors (Lipinski definition) is 0. The monoisotopic (exact) mass is 358 g/mol. The molecule has 0 bridgehead atoms. The molecule has 1 aliphatic rings. The number of aromatic nitrogens is 3. The van der Waals surface area contributed by atoms with Crippen molar-refractivity contribution in [2.75, 3.05) is 7.11 Å².